The number of amides is 2. The molecule has 4 aromatic carbocycles. The smallest absolute Gasteiger partial charge is 0.272 e. The minimum absolute atomic E-state index is 0.118. The highest BCUT2D eigenvalue weighted by molar-refractivity contribution is 6.35. The molecule has 5 aromatic rings. The average Bonchev–Trinajstić information content (AvgIpc) is 3.50. The summed E-state index contributed by atoms with van der Waals surface area (Å²) in [5.41, 5.74) is 8.52. The Bertz CT molecular complexity index is 2450. The van der Waals surface area contributed by atoms with Gasteiger partial charge in [0.05, 0.1) is 30.2 Å². The summed E-state index contributed by atoms with van der Waals surface area (Å²) in [7, 11) is 1.63. The number of H-pyrrole nitrogens is 1. The van der Waals surface area contributed by atoms with Crippen LogP contribution in [0.3, 0.4) is 0 Å². The first kappa shape index (κ1) is 37.7. The lowest BCUT2D eigenvalue weighted by molar-refractivity contribution is -0.136. The predicted octanol–water partition coefficient (Wildman–Crippen LogP) is 11.2. The van der Waals surface area contributed by atoms with Crippen LogP contribution in [0.15, 0.2) is 91.1 Å². The predicted molar refractivity (Wildman–Crippen MR) is 231 cm³/mol. The highest BCUT2D eigenvalue weighted by atomic mass is 35.5. The maximum Gasteiger partial charge on any atom is 0.272 e. The molecule has 11 heteroatoms. The third-order valence-corrected chi connectivity index (χ3v) is 12.9. The minimum Gasteiger partial charge on any atom is -0.497 e. The summed E-state index contributed by atoms with van der Waals surface area (Å²) in [6, 6.07) is 25.6. The number of likely N-dealkylation sites (tertiary alicyclic amines) is 1. The summed E-state index contributed by atoms with van der Waals surface area (Å²) in [4.78, 5) is 38.0. The van der Waals surface area contributed by atoms with Gasteiger partial charge in [0.1, 0.15) is 11.4 Å². The largest absolute Gasteiger partial charge is 0.497 e. The van der Waals surface area contributed by atoms with Crippen LogP contribution in [-0.2, 0) is 4.79 Å². The number of piperidine rings is 2. The number of carbonyl (C=O) groups excluding carboxylic acids is 2. The van der Waals surface area contributed by atoms with Gasteiger partial charge < -0.3 is 29.7 Å². The summed E-state index contributed by atoms with van der Waals surface area (Å²) >= 11 is 20.4. The Morgan fingerprint density at radius 3 is 2.46 bits per heavy atom. The van der Waals surface area contributed by atoms with Crippen LogP contribution in [0, 0.1) is 5.92 Å². The van der Waals surface area contributed by atoms with Gasteiger partial charge in [0.2, 0.25) is 5.91 Å². The van der Waals surface area contributed by atoms with Crippen molar-refractivity contribution in [2.75, 3.05) is 37.0 Å². The van der Waals surface area contributed by atoms with E-state index in [-0.39, 0.29) is 29.8 Å². The molecule has 0 aliphatic carbocycles. The number of fused-ring (bicyclic) bond motifs is 2. The Balaban J connectivity index is 1.18. The quantitative estimate of drug-likeness (QED) is 0.171. The van der Waals surface area contributed by atoms with E-state index in [4.69, 9.17) is 39.5 Å². The number of methoxy groups -OCH3 is 1. The zero-order chi connectivity index (χ0) is 39.4. The molecule has 292 valence electrons. The molecule has 8 nitrogen and oxygen atoms in total. The molecule has 1 aromatic heterocycles. The van der Waals surface area contributed by atoms with Gasteiger partial charge in [0, 0.05) is 75.9 Å². The molecule has 2 N–H and O–H groups in total. The second-order valence-corrected chi connectivity index (χ2v) is 16.8. The number of rotatable bonds is 7. The number of nitrogens with one attached hydrogen (secondary N) is 2. The standard InChI is InChI=1S/C46H44Cl3N5O3/c1-27-9-8-20-54-44(33-15-13-29(47)24-35(33)49)34-23-30(48)25-37-41(34)42(45(54)40(27)28-10-4-3-5-11-28)43(50-37)46(56)51-36-26-32(57-2)14-16-38(36)52-21-17-31(18-22-52)53-19-7-6-12-39(53)55/h3-5,8,10-11,13-16,20,23-27,31,44,50H,6-7,9,12,17-19,21-22H2,1-2H3,(H,51,56). The summed E-state index contributed by atoms with van der Waals surface area (Å²) < 4.78 is 5.68. The van der Waals surface area contributed by atoms with Crippen LogP contribution < -0.4 is 15.0 Å². The fourth-order valence-electron chi connectivity index (χ4n) is 9.44. The van der Waals surface area contributed by atoms with E-state index in [9.17, 15) is 4.79 Å². The summed E-state index contributed by atoms with van der Waals surface area (Å²) in [5.74, 6) is 0.748. The number of ether oxygens (including phenoxy) is 1. The number of hydrogen-bond donors (Lipinski definition) is 2. The van der Waals surface area contributed by atoms with Gasteiger partial charge in [-0.25, -0.2) is 0 Å². The summed E-state index contributed by atoms with van der Waals surface area (Å²) in [6.07, 6.45) is 9.56. The van der Waals surface area contributed by atoms with Gasteiger partial charge in [-0.05, 0) is 96.7 Å². The zero-order valence-electron chi connectivity index (χ0n) is 32.0. The van der Waals surface area contributed by atoms with Crippen molar-refractivity contribution in [2.45, 2.75) is 57.5 Å². The minimum atomic E-state index is -0.362. The zero-order valence-corrected chi connectivity index (χ0v) is 34.2. The first-order valence-corrected chi connectivity index (χ1v) is 20.9. The van der Waals surface area contributed by atoms with Crippen molar-refractivity contribution in [3.8, 4) is 5.75 Å². The molecular formula is C46H44Cl3N5O3. The van der Waals surface area contributed by atoms with Crippen LogP contribution in [-0.4, -0.2) is 59.4 Å². The van der Waals surface area contributed by atoms with E-state index < -0.39 is 0 Å². The van der Waals surface area contributed by atoms with E-state index in [1.54, 1.807) is 13.2 Å². The van der Waals surface area contributed by atoms with Crippen LogP contribution in [0.5, 0.6) is 5.75 Å². The average molecular weight is 821 g/mol. The number of benzene rings is 4. The van der Waals surface area contributed by atoms with Crippen molar-refractivity contribution >= 4 is 80.2 Å². The van der Waals surface area contributed by atoms with E-state index in [1.165, 1.54) is 0 Å². The fourth-order valence-corrected chi connectivity index (χ4v) is 10.2. The van der Waals surface area contributed by atoms with Crippen molar-refractivity contribution in [3.05, 3.63) is 134 Å². The van der Waals surface area contributed by atoms with Gasteiger partial charge in [-0.3, -0.25) is 9.59 Å². The molecule has 2 unspecified atom stereocenters. The Labute approximate surface area is 348 Å². The molecular weight excluding hydrogens is 777 g/mol. The van der Waals surface area contributed by atoms with Crippen LogP contribution in [0.1, 0.15) is 84.2 Å². The van der Waals surface area contributed by atoms with Crippen LogP contribution >= 0.6 is 34.8 Å². The SMILES string of the molecule is COc1ccc(N2CCC(N3CCCCC3=O)CC2)c(NC(=O)c2[nH]c3cc(Cl)cc4c3c2C2=C(c3ccccc3)C(C)CC=CN2C4c2ccc(Cl)cc2Cl)c1. The van der Waals surface area contributed by atoms with Gasteiger partial charge >= 0.3 is 0 Å². The molecule has 4 aliphatic heterocycles. The molecule has 2 atom stereocenters. The Morgan fingerprint density at radius 2 is 1.70 bits per heavy atom. The van der Waals surface area contributed by atoms with Gasteiger partial charge in [0.25, 0.3) is 5.91 Å². The lowest BCUT2D eigenvalue weighted by Gasteiger charge is -2.41. The number of halogens is 3. The number of aromatic nitrogens is 1. The van der Waals surface area contributed by atoms with Gasteiger partial charge in [-0.2, -0.15) is 0 Å². The Hall–Kier alpha value is -4.89. The van der Waals surface area contributed by atoms with Crippen molar-refractivity contribution < 1.29 is 14.3 Å². The van der Waals surface area contributed by atoms with Crippen molar-refractivity contribution in [1.82, 2.24) is 14.8 Å². The van der Waals surface area contributed by atoms with Crippen molar-refractivity contribution in [1.29, 1.82) is 0 Å². The number of nitrogens with zero attached hydrogens (tertiary/aromatic N) is 3. The Morgan fingerprint density at radius 1 is 0.895 bits per heavy atom. The third kappa shape index (κ3) is 6.85. The van der Waals surface area contributed by atoms with E-state index in [2.05, 4.69) is 68.5 Å². The molecule has 2 saturated heterocycles. The first-order valence-electron chi connectivity index (χ1n) is 19.8. The molecule has 0 bridgehead atoms. The molecule has 0 radical (unpaired) electrons. The molecule has 57 heavy (non-hydrogen) atoms. The number of aromatic amines is 1. The van der Waals surface area contributed by atoms with E-state index in [0.29, 0.717) is 38.6 Å². The second-order valence-electron chi connectivity index (χ2n) is 15.5. The molecule has 2 amide bonds. The van der Waals surface area contributed by atoms with Crippen LogP contribution in [0.25, 0.3) is 22.2 Å². The van der Waals surface area contributed by atoms with Gasteiger partial charge in [0.15, 0.2) is 0 Å². The maximum atomic E-state index is 15.1. The lowest BCUT2D eigenvalue weighted by Crippen LogP contribution is -2.49. The summed E-state index contributed by atoms with van der Waals surface area (Å²) in [6.45, 7) is 4.62. The highest BCUT2D eigenvalue weighted by Crippen LogP contribution is 2.54. The fraction of sp³-hybridized carbons (Fsp3) is 0.304. The number of allylic oxidation sites excluding steroid dienone is 2. The van der Waals surface area contributed by atoms with E-state index in [0.717, 1.165) is 102 Å². The normalized spacial score (nSPS) is 19.9. The third-order valence-electron chi connectivity index (χ3n) is 12.1. The topological polar surface area (TPSA) is 80.9 Å². The molecule has 2 fully saturated rings. The number of carbonyl (C=O) groups is 2. The monoisotopic (exact) mass is 819 g/mol. The van der Waals surface area contributed by atoms with Crippen LogP contribution in [0.2, 0.25) is 15.1 Å². The summed E-state index contributed by atoms with van der Waals surface area (Å²) in [5, 5.41) is 5.88. The van der Waals surface area contributed by atoms with E-state index in [1.807, 2.05) is 48.5 Å². The van der Waals surface area contributed by atoms with Gasteiger partial charge in [-0.15, -0.1) is 0 Å². The number of anilines is 2. The molecule has 0 spiro atoms. The lowest BCUT2D eigenvalue weighted by atomic mass is 9.82. The maximum absolute atomic E-state index is 15.1. The molecule has 4 aliphatic rings. The second kappa shape index (κ2) is 15.5. The first-order chi connectivity index (χ1) is 27.7. The molecule has 9 rings (SSSR count). The highest BCUT2D eigenvalue weighted by Gasteiger charge is 2.40. The molecule has 5 heterocycles. The van der Waals surface area contributed by atoms with E-state index >= 15 is 4.79 Å². The van der Waals surface area contributed by atoms with Crippen molar-refractivity contribution in [3.63, 3.8) is 0 Å². The molecule has 0 saturated carbocycles. The van der Waals surface area contributed by atoms with Gasteiger partial charge in [-0.1, -0.05) is 84.2 Å². The van der Waals surface area contributed by atoms with Crippen molar-refractivity contribution in [2.24, 2.45) is 5.92 Å². The van der Waals surface area contributed by atoms with Crippen LogP contribution in [0.4, 0.5) is 11.4 Å². The number of hydrogen-bond acceptors (Lipinski definition) is 5. The Kier molecular flexibility index (Phi) is 10.2.